The summed E-state index contributed by atoms with van der Waals surface area (Å²) in [6.45, 7) is 0. The molecule has 1 aromatic heterocycles. The number of hydrogen-bond donors (Lipinski definition) is 0. The van der Waals surface area contributed by atoms with Crippen LogP contribution in [0.3, 0.4) is 0 Å². The average Bonchev–Trinajstić information content (AvgIpc) is 3.70. The lowest BCUT2D eigenvalue weighted by Crippen LogP contribution is -2.11. The number of anilines is 3. The summed E-state index contributed by atoms with van der Waals surface area (Å²) in [6.07, 6.45) is 1.66. The highest BCUT2D eigenvalue weighted by Crippen LogP contribution is 2.45. The van der Waals surface area contributed by atoms with Crippen LogP contribution in [-0.4, -0.2) is 4.57 Å². The van der Waals surface area contributed by atoms with E-state index < -0.39 is 0 Å². The molecule has 0 unspecified atom stereocenters. The third kappa shape index (κ3) is 6.60. The fraction of sp³-hybridized carbons (Fsp3) is 0.0323. The summed E-state index contributed by atoms with van der Waals surface area (Å²) in [6, 6.07) is 89.2. The van der Waals surface area contributed by atoms with Crippen molar-refractivity contribution in [2.75, 3.05) is 4.90 Å². The SMILES string of the molecule is c1ccc(-c2ccc(N(c3ccc4c(c3)Cc3ccccc3-c3ccccc3Cc3ccccc3-4)c3ccc4c5c(-c6ccccc6)cccc5n(-c5ccccc5)c4c3)cc2)cc1. The van der Waals surface area contributed by atoms with Gasteiger partial charge < -0.3 is 9.47 Å². The molecule has 2 nitrogen and oxygen atoms in total. The average molecular weight is 817 g/mol. The molecule has 0 spiro atoms. The largest absolute Gasteiger partial charge is 0.310 e. The molecule has 10 aromatic carbocycles. The van der Waals surface area contributed by atoms with E-state index in [0.29, 0.717) is 0 Å². The van der Waals surface area contributed by atoms with Crippen LogP contribution in [0, 0.1) is 0 Å². The quantitative estimate of drug-likeness (QED) is 0.162. The molecule has 64 heavy (non-hydrogen) atoms. The lowest BCUT2D eigenvalue weighted by molar-refractivity contribution is 1.14. The highest BCUT2D eigenvalue weighted by atomic mass is 15.1. The van der Waals surface area contributed by atoms with Gasteiger partial charge in [0, 0.05) is 33.5 Å². The number of nitrogens with zero attached hydrogens (tertiary/aromatic N) is 2. The molecular weight excluding hydrogens is 773 g/mol. The topological polar surface area (TPSA) is 8.17 Å². The zero-order valence-corrected chi connectivity index (χ0v) is 35.4. The Morgan fingerprint density at radius 2 is 0.766 bits per heavy atom. The van der Waals surface area contributed by atoms with Crippen LogP contribution in [0.15, 0.2) is 243 Å². The fourth-order valence-corrected chi connectivity index (χ4v) is 10.1. The normalized spacial score (nSPS) is 11.9. The van der Waals surface area contributed by atoms with E-state index in [9.17, 15) is 0 Å². The summed E-state index contributed by atoms with van der Waals surface area (Å²) >= 11 is 0. The Balaban J connectivity index is 1.09. The Labute approximate surface area is 374 Å². The number of rotatable bonds is 6. The lowest BCUT2D eigenvalue weighted by Gasteiger charge is -2.28. The van der Waals surface area contributed by atoms with Gasteiger partial charge in [-0.1, -0.05) is 188 Å². The van der Waals surface area contributed by atoms with Gasteiger partial charge in [-0.05, 0) is 134 Å². The van der Waals surface area contributed by atoms with Gasteiger partial charge in [-0.3, -0.25) is 0 Å². The predicted octanol–water partition coefficient (Wildman–Crippen LogP) is 16.4. The van der Waals surface area contributed by atoms with Crippen LogP contribution in [0.4, 0.5) is 17.1 Å². The van der Waals surface area contributed by atoms with Crippen molar-refractivity contribution in [2.24, 2.45) is 0 Å². The third-order valence-electron chi connectivity index (χ3n) is 13.1. The molecule has 1 heterocycles. The minimum atomic E-state index is 0.798. The number of hydrogen-bond acceptors (Lipinski definition) is 1. The lowest BCUT2D eigenvalue weighted by atomic mass is 9.84. The fourth-order valence-electron chi connectivity index (χ4n) is 10.1. The van der Waals surface area contributed by atoms with Crippen molar-refractivity contribution in [1.82, 2.24) is 4.57 Å². The first-order valence-corrected chi connectivity index (χ1v) is 22.3. The second-order valence-corrected chi connectivity index (χ2v) is 16.9. The molecule has 0 atom stereocenters. The number of para-hydroxylation sites is 1. The van der Waals surface area contributed by atoms with Gasteiger partial charge in [-0.15, -0.1) is 0 Å². The number of fused-ring (bicyclic) bond motifs is 9. The van der Waals surface area contributed by atoms with Gasteiger partial charge in [0.05, 0.1) is 11.0 Å². The van der Waals surface area contributed by atoms with Crippen LogP contribution in [0.1, 0.15) is 22.3 Å². The molecule has 2 heteroatoms. The summed E-state index contributed by atoms with van der Waals surface area (Å²) < 4.78 is 2.44. The van der Waals surface area contributed by atoms with Gasteiger partial charge in [0.15, 0.2) is 0 Å². The Hall–Kier alpha value is -8.20. The Bertz CT molecular complexity index is 3470. The predicted molar refractivity (Wildman–Crippen MR) is 269 cm³/mol. The van der Waals surface area contributed by atoms with Crippen LogP contribution in [0.5, 0.6) is 0 Å². The van der Waals surface area contributed by atoms with Crippen LogP contribution in [-0.2, 0) is 12.8 Å². The molecule has 0 saturated carbocycles. The maximum absolute atomic E-state index is 2.45. The van der Waals surface area contributed by atoms with Gasteiger partial charge in [-0.2, -0.15) is 0 Å². The van der Waals surface area contributed by atoms with Crippen molar-refractivity contribution < 1.29 is 0 Å². The summed E-state index contributed by atoms with van der Waals surface area (Å²) in [5.41, 5.74) is 22.1. The van der Waals surface area contributed by atoms with E-state index in [1.165, 1.54) is 83.1 Å². The number of aromatic nitrogens is 1. The van der Waals surface area contributed by atoms with Crippen molar-refractivity contribution >= 4 is 38.9 Å². The standard InChI is InChI=1S/C62H44N2/c1-4-17-43(18-5-1)44-31-33-51(34-32-44)63(53-36-38-59-61(42-53)64(50-24-8-3-9-25-50)60-30-16-29-58(62(59)60)45-19-6-2-7-20-45)52-35-37-57-49(41-52)40-48-23-12-14-27-55(48)54-26-13-10-21-46(54)39-47-22-11-15-28-56(47)57/h1-38,41-42H,39-40H2. The molecule has 1 aliphatic carbocycles. The van der Waals surface area contributed by atoms with Crippen molar-refractivity contribution in [1.29, 1.82) is 0 Å². The number of benzene rings is 10. The zero-order chi connectivity index (χ0) is 42.4. The van der Waals surface area contributed by atoms with Crippen LogP contribution in [0.25, 0.3) is 72.0 Å². The molecule has 1 aliphatic rings. The van der Waals surface area contributed by atoms with E-state index in [1.54, 1.807) is 0 Å². The van der Waals surface area contributed by atoms with Gasteiger partial charge in [0.2, 0.25) is 0 Å². The minimum absolute atomic E-state index is 0.798. The molecule has 302 valence electrons. The summed E-state index contributed by atoms with van der Waals surface area (Å²) in [5, 5.41) is 2.48. The molecule has 0 radical (unpaired) electrons. The molecule has 0 fully saturated rings. The molecule has 0 amide bonds. The van der Waals surface area contributed by atoms with Crippen molar-refractivity contribution in [2.45, 2.75) is 12.8 Å². The van der Waals surface area contributed by atoms with E-state index in [4.69, 9.17) is 0 Å². The molecular formula is C62H44N2. The molecule has 0 N–H and O–H groups in total. The van der Waals surface area contributed by atoms with E-state index in [0.717, 1.165) is 41.1 Å². The maximum Gasteiger partial charge on any atom is 0.0562 e. The van der Waals surface area contributed by atoms with Crippen LogP contribution >= 0.6 is 0 Å². The Morgan fingerprint density at radius 3 is 1.41 bits per heavy atom. The van der Waals surface area contributed by atoms with Gasteiger partial charge in [0.25, 0.3) is 0 Å². The first-order valence-electron chi connectivity index (χ1n) is 22.3. The van der Waals surface area contributed by atoms with Crippen molar-refractivity contribution in [3.8, 4) is 50.2 Å². The summed E-state index contributed by atoms with van der Waals surface area (Å²) in [4.78, 5) is 2.45. The molecule has 0 bridgehead atoms. The van der Waals surface area contributed by atoms with E-state index in [2.05, 4.69) is 252 Å². The Kier molecular flexibility index (Phi) is 9.34. The van der Waals surface area contributed by atoms with Crippen molar-refractivity contribution in [3.63, 3.8) is 0 Å². The van der Waals surface area contributed by atoms with E-state index in [-0.39, 0.29) is 0 Å². The monoisotopic (exact) mass is 816 g/mol. The molecule has 12 rings (SSSR count). The van der Waals surface area contributed by atoms with Crippen molar-refractivity contribution in [3.05, 3.63) is 265 Å². The smallest absolute Gasteiger partial charge is 0.0562 e. The summed E-state index contributed by atoms with van der Waals surface area (Å²) in [7, 11) is 0. The van der Waals surface area contributed by atoms with Crippen LogP contribution < -0.4 is 4.90 Å². The first-order chi connectivity index (χ1) is 31.7. The van der Waals surface area contributed by atoms with Gasteiger partial charge in [-0.25, -0.2) is 0 Å². The second-order valence-electron chi connectivity index (χ2n) is 16.9. The third-order valence-corrected chi connectivity index (χ3v) is 13.1. The summed E-state index contributed by atoms with van der Waals surface area (Å²) in [5.74, 6) is 0. The molecule has 11 aromatic rings. The van der Waals surface area contributed by atoms with E-state index in [1.807, 2.05) is 0 Å². The van der Waals surface area contributed by atoms with E-state index >= 15 is 0 Å². The minimum Gasteiger partial charge on any atom is -0.310 e. The molecule has 0 saturated heterocycles. The maximum atomic E-state index is 2.45. The second kappa shape index (κ2) is 15.9. The van der Waals surface area contributed by atoms with Gasteiger partial charge in [0.1, 0.15) is 0 Å². The highest BCUT2D eigenvalue weighted by Gasteiger charge is 2.23. The zero-order valence-electron chi connectivity index (χ0n) is 35.4. The van der Waals surface area contributed by atoms with Crippen LogP contribution in [0.2, 0.25) is 0 Å². The first kappa shape index (κ1) is 37.6. The highest BCUT2D eigenvalue weighted by molar-refractivity contribution is 6.16. The Morgan fingerprint density at radius 1 is 0.297 bits per heavy atom. The molecule has 0 aliphatic heterocycles. The van der Waals surface area contributed by atoms with Gasteiger partial charge >= 0.3 is 0 Å².